The van der Waals surface area contributed by atoms with Gasteiger partial charge in [0.1, 0.15) is 0 Å². The molecule has 0 aromatic carbocycles. The molecule has 0 N–H and O–H groups in total. The molecule has 2 aromatic heterocycles. The Morgan fingerprint density at radius 1 is 0.844 bits per heavy atom. The third kappa shape index (κ3) is 6.79. The summed E-state index contributed by atoms with van der Waals surface area (Å²) in [7, 11) is -0.563. The largest absolute Gasteiger partial charge is 0.496 e. The Morgan fingerprint density at radius 2 is 1.28 bits per heavy atom. The van der Waals surface area contributed by atoms with E-state index in [0.29, 0.717) is 16.6 Å². The van der Waals surface area contributed by atoms with Gasteiger partial charge < -0.3 is 18.8 Å². The van der Waals surface area contributed by atoms with E-state index in [2.05, 4.69) is 35.4 Å². The van der Waals surface area contributed by atoms with E-state index in [9.17, 15) is 17.6 Å². The molecule has 6 nitrogen and oxygen atoms in total. The molecule has 1 aliphatic heterocycles. The van der Waals surface area contributed by atoms with Crippen molar-refractivity contribution < 1.29 is 36.3 Å². The Labute approximate surface area is 192 Å². The van der Waals surface area contributed by atoms with Gasteiger partial charge in [-0.2, -0.15) is 17.6 Å². The molecular weight excluding hydrogens is 499 g/mol. The van der Waals surface area contributed by atoms with Crippen LogP contribution in [0.2, 0.25) is 0 Å². The zero-order valence-corrected chi connectivity index (χ0v) is 20.0. The van der Waals surface area contributed by atoms with Crippen LogP contribution < -0.4 is 14.9 Å². The Kier molecular flexibility index (Phi) is 8.52. The van der Waals surface area contributed by atoms with E-state index in [4.69, 9.17) is 9.31 Å². The molecule has 0 aliphatic carbocycles. The van der Waals surface area contributed by atoms with Crippen LogP contribution in [0.5, 0.6) is 11.8 Å². The lowest BCUT2D eigenvalue weighted by Crippen LogP contribution is -2.41. The van der Waals surface area contributed by atoms with Crippen molar-refractivity contribution in [2.24, 2.45) is 0 Å². The van der Waals surface area contributed by atoms with E-state index in [1.54, 1.807) is 26.0 Å². The summed E-state index contributed by atoms with van der Waals surface area (Å²) < 4.78 is 68.8. The van der Waals surface area contributed by atoms with Crippen LogP contribution in [-0.2, 0) is 9.31 Å². The smallest absolute Gasteiger partial charge is 0.417 e. The van der Waals surface area contributed by atoms with Crippen LogP contribution in [0, 0.1) is 13.8 Å². The molecule has 2 aromatic rings. The lowest BCUT2D eigenvalue weighted by atomic mass is 9.80. The molecule has 1 fully saturated rings. The van der Waals surface area contributed by atoms with Crippen LogP contribution in [0.25, 0.3) is 0 Å². The van der Waals surface area contributed by atoms with Crippen molar-refractivity contribution in [2.75, 3.05) is 0 Å². The third-order valence-electron chi connectivity index (χ3n) is 4.98. The number of aromatic nitrogens is 2. The molecule has 0 unspecified atom stereocenters. The van der Waals surface area contributed by atoms with Gasteiger partial charge in [0, 0.05) is 33.5 Å². The molecular formula is C20H24BBrF4N2O4. The van der Waals surface area contributed by atoms with Crippen LogP contribution in [0.15, 0.2) is 29.0 Å². The van der Waals surface area contributed by atoms with Crippen LogP contribution in [0.1, 0.15) is 38.8 Å². The Bertz CT molecular complexity index is 918. The number of aryl methyl sites for hydroxylation is 2. The van der Waals surface area contributed by atoms with Crippen molar-refractivity contribution in [2.45, 2.75) is 66.0 Å². The standard InChI is InChI=1S/C13H18BF2NO3.C7H6BrF2NO/c1-8-6-9(7-17-10(8)18-11(15)16)14-19-12(2,3)13(4,5)20-14;1-4-2-5(8)3-11-6(4)12-7(9)10/h6-7,11H,1-5H3;2-3,7H,1H3. The van der Waals surface area contributed by atoms with Crippen LogP contribution in [-0.4, -0.2) is 41.5 Å². The Hall–Kier alpha value is -1.92. The van der Waals surface area contributed by atoms with Gasteiger partial charge >= 0.3 is 20.3 Å². The van der Waals surface area contributed by atoms with Gasteiger partial charge in [-0.1, -0.05) is 6.07 Å². The number of rotatable bonds is 5. The monoisotopic (exact) mass is 522 g/mol. The summed E-state index contributed by atoms with van der Waals surface area (Å²) in [6.45, 7) is 5.38. The van der Waals surface area contributed by atoms with Gasteiger partial charge in [0.2, 0.25) is 11.8 Å². The summed E-state index contributed by atoms with van der Waals surface area (Å²) >= 11 is 3.16. The maximum atomic E-state index is 12.2. The van der Waals surface area contributed by atoms with Crippen LogP contribution in [0.3, 0.4) is 0 Å². The molecule has 0 spiro atoms. The molecule has 32 heavy (non-hydrogen) atoms. The van der Waals surface area contributed by atoms with Crippen molar-refractivity contribution in [3.05, 3.63) is 40.1 Å². The number of hydrogen-bond donors (Lipinski definition) is 0. The van der Waals surface area contributed by atoms with Gasteiger partial charge in [0.05, 0.1) is 11.2 Å². The first kappa shape index (κ1) is 26.3. The van der Waals surface area contributed by atoms with Crippen molar-refractivity contribution in [3.63, 3.8) is 0 Å². The number of halogens is 5. The highest BCUT2D eigenvalue weighted by atomic mass is 79.9. The fraction of sp³-hybridized carbons (Fsp3) is 0.500. The lowest BCUT2D eigenvalue weighted by Gasteiger charge is -2.32. The zero-order chi connectivity index (χ0) is 24.3. The molecule has 3 rings (SSSR count). The Morgan fingerprint density at radius 3 is 1.69 bits per heavy atom. The average Bonchev–Trinajstić information content (AvgIpc) is 2.87. The predicted octanol–water partition coefficient (Wildman–Crippen LogP) is 5.04. The fourth-order valence-corrected chi connectivity index (χ4v) is 3.08. The summed E-state index contributed by atoms with van der Waals surface area (Å²) in [4.78, 5) is 7.57. The van der Waals surface area contributed by atoms with Crippen molar-refractivity contribution in [1.29, 1.82) is 0 Å². The summed E-state index contributed by atoms with van der Waals surface area (Å²) in [5, 5.41) is 0. The minimum atomic E-state index is -2.89. The molecule has 0 saturated carbocycles. The minimum absolute atomic E-state index is 0.0341. The minimum Gasteiger partial charge on any atom is -0.417 e. The maximum absolute atomic E-state index is 12.2. The Balaban J connectivity index is 0.000000258. The van der Waals surface area contributed by atoms with Gasteiger partial charge in [-0.15, -0.1) is 0 Å². The maximum Gasteiger partial charge on any atom is 0.496 e. The topological polar surface area (TPSA) is 62.7 Å². The number of alkyl halides is 4. The van der Waals surface area contributed by atoms with Crippen molar-refractivity contribution in [1.82, 2.24) is 9.97 Å². The summed E-state index contributed by atoms with van der Waals surface area (Å²) in [5.74, 6) is -0.117. The first-order valence-electron chi connectivity index (χ1n) is 9.56. The number of pyridine rings is 2. The van der Waals surface area contributed by atoms with E-state index in [0.717, 1.165) is 4.47 Å². The van der Waals surface area contributed by atoms with Gasteiger partial charge in [0.15, 0.2) is 0 Å². The second-order valence-corrected chi connectivity index (χ2v) is 8.93. The second-order valence-electron chi connectivity index (χ2n) is 8.01. The quantitative estimate of drug-likeness (QED) is 0.405. The molecule has 3 heterocycles. The van der Waals surface area contributed by atoms with Crippen LogP contribution in [0.4, 0.5) is 17.6 Å². The highest BCUT2D eigenvalue weighted by Gasteiger charge is 2.51. The SMILES string of the molecule is Cc1cc(B2OC(C)(C)C(C)(C)O2)cnc1OC(F)F.Cc1cc(Br)cnc1OC(F)F. The van der Waals surface area contributed by atoms with Crippen molar-refractivity contribution >= 4 is 28.5 Å². The third-order valence-corrected chi connectivity index (χ3v) is 5.41. The summed E-state index contributed by atoms with van der Waals surface area (Å²) in [6, 6.07) is 3.34. The van der Waals surface area contributed by atoms with Gasteiger partial charge in [-0.25, -0.2) is 9.97 Å². The van der Waals surface area contributed by atoms with E-state index in [-0.39, 0.29) is 11.8 Å². The average molecular weight is 523 g/mol. The molecule has 12 heteroatoms. The van der Waals surface area contributed by atoms with E-state index in [1.165, 1.54) is 12.4 Å². The van der Waals surface area contributed by atoms with E-state index < -0.39 is 31.5 Å². The van der Waals surface area contributed by atoms with E-state index in [1.807, 2.05) is 27.7 Å². The molecule has 0 bridgehead atoms. The predicted molar refractivity (Wildman–Crippen MR) is 115 cm³/mol. The number of nitrogens with zero attached hydrogens (tertiary/aromatic N) is 2. The second kappa shape index (κ2) is 10.3. The molecule has 1 aliphatic rings. The molecule has 0 amide bonds. The molecule has 1 saturated heterocycles. The normalized spacial score (nSPS) is 16.7. The first-order valence-corrected chi connectivity index (χ1v) is 10.3. The van der Waals surface area contributed by atoms with Crippen LogP contribution >= 0.6 is 15.9 Å². The highest BCUT2D eigenvalue weighted by Crippen LogP contribution is 2.36. The molecule has 0 atom stereocenters. The highest BCUT2D eigenvalue weighted by molar-refractivity contribution is 9.10. The van der Waals surface area contributed by atoms with Gasteiger partial charge in [-0.05, 0) is 63.5 Å². The molecule has 0 radical (unpaired) electrons. The summed E-state index contributed by atoms with van der Waals surface area (Å²) in [5.41, 5.74) is 0.859. The van der Waals surface area contributed by atoms with Gasteiger partial charge in [-0.3, -0.25) is 0 Å². The number of ether oxygens (including phenoxy) is 2. The first-order chi connectivity index (χ1) is 14.7. The fourth-order valence-electron chi connectivity index (χ4n) is 2.64. The molecule has 176 valence electrons. The van der Waals surface area contributed by atoms with Crippen molar-refractivity contribution in [3.8, 4) is 11.8 Å². The van der Waals surface area contributed by atoms with E-state index >= 15 is 0 Å². The van der Waals surface area contributed by atoms with Gasteiger partial charge in [0.25, 0.3) is 0 Å². The lowest BCUT2D eigenvalue weighted by molar-refractivity contribution is -0.0540. The summed E-state index contributed by atoms with van der Waals surface area (Å²) in [6.07, 6.45) is 2.84. The zero-order valence-electron chi connectivity index (χ0n) is 18.5. The number of hydrogen-bond acceptors (Lipinski definition) is 6.